The van der Waals surface area contributed by atoms with Crippen LogP contribution in [-0.2, 0) is 9.59 Å². The summed E-state index contributed by atoms with van der Waals surface area (Å²) in [4.78, 5) is 38.5. The molecule has 2 aromatic carbocycles. The summed E-state index contributed by atoms with van der Waals surface area (Å²) >= 11 is 1.33. The number of aromatic nitrogens is 1. The van der Waals surface area contributed by atoms with Gasteiger partial charge in [-0.15, -0.1) is 0 Å². The number of anilines is 1. The van der Waals surface area contributed by atoms with Crippen molar-refractivity contribution in [1.82, 2.24) is 4.98 Å². The number of carbonyl (C=O) groups is 3. The predicted molar refractivity (Wildman–Crippen MR) is 126 cm³/mol. The lowest BCUT2D eigenvalue weighted by molar-refractivity contribution is -0.192. The number of nitrogens with two attached hydrogens (primary N) is 1. The SMILES string of the molecule is CCN(CCC(=O)O)c1nc2ccc(C(=O)Oc3ccc(C(=N)N)cc3F)cc2s1.O=C(O)C(F)(F)F. The number of carbonyl (C=O) groups excluding carboxylic acids is 1. The second kappa shape index (κ2) is 12.1. The lowest BCUT2D eigenvalue weighted by Crippen LogP contribution is -2.25. The fourth-order valence-corrected chi connectivity index (χ4v) is 3.80. The Labute approximate surface area is 210 Å². The van der Waals surface area contributed by atoms with Crippen molar-refractivity contribution in [2.24, 2.45) is 5.73 Å². The number of nitrogens with one attached hydrogen (secondary N) is 1. The fourth-order valence-electron chi connectivity index (χ4n) is 2.70. The molecule has 0 amide bonds. The van der Waals surface area contributed by atoms with Gasteiger partial charge in [-0.05, 0) is 43.3 Å². The van der Waals surface area contributed by atoms with Gasteiger partial charge in [-0.1, -0.05) is 11.3 Å². The van der Waals surface area contributed by atoms with Crippen LogP contribution in [0.1, 0.15) is 29.3 Å². The molecule has 37 heavy (non-hydrogen) atoms. The molecule has 1 heterocycles. The van der Waals surface area contributed by atoms with Crippen LogP contribution in [0.25, 0.3) is 10.2 Å². The molecule has 0 saturated carbocycles. The number of carboxylic acid groups (broad SMARTS) is 2. The van der Waals surface area contributed by atoms with Gasteiger partial charge in [0.15, 0.2) is 16.7 Å². The zero-order valence-corrected chi connectivity index (χ0v) is 19.8. The number of amidine groups is 1. The molecule has 3 aromatic rings. The van der Waals surface area contributed by atoms with E-state index in [9.17, 15) is 27.2 Å². The molecule has 0 fully saturated rings. The Kier molecular flexibility index (Phi) is 9.48. The standard InChI is InChI=1S/C20H19FN4O4S.C2HF3O2/c1-2-25(8-7-17(26)27)20-24-14-5-3-12(10-16(14)30-20)19(28)29-15-6-4-11(18(22)23)9-13(15)21;3-2(4,5)1(6)7/h3-6,9-10H,2,7-8H2,1H3,(H3,22,23)(H,26,27);(H,6,7). The van der Waals surface area contributed by atoms with E-state index in [1.807, 2.05) is 11.8 Å². The highest BCUT2D eigenvalue weighted by molar-refractivity contribution is 7.22. The number of nitrogen functional groups attached to an aromatic ring is 1. The molecule has 0 radical (unpaired) electrons. The minimum atomic E-state index is -5.08. The first-order valence-corrected chi connectivity index (χ1v) is 11.1. The molecule has 0 unspecified atom stereocenters. The van der Waals surface area contributed by atoms with E-state index in [0.29, 0.717) is 23.7 Å². The van der Waals surface area contributed by atoms with Crippen LogP contribution in [0.4, 0.5) is 22.7 Å². The highest BCUT2D eigenvalue weighted by Crippen LogP contribution is 2.30. The molecule has 0 saturated heterocycles. The Bertz CT molecular complexity index is 1330. The normalized spacial score (nSPS) is 10.8. The minimum Gasteiger partial charge on any atom is -0.481 e. The second-order valence-electron chi connectivity index (χ2n) is 7.15. The Balaban J connectivity index is 0.000000604. The zero-order chi connectivity index (χ0) is 27.9. The van der Waals surface area contributed by atoms with E-state index in [1.54, 1.807) is 12.1 Å². The number of fused-ring (bicyclic) bond motifs is 1. The Morgan fingerprint density at radius 1 is 1.14 bits per heavy atom. The van der Waals surface area contributed by atoms with Crippen LogP contribution in [0.2, 0.25) is 0 Å². The van der Waals surface area contributed by atoms with Gasteiger partial charge < -0.3 is 25.6 Å². The van der Waals surface area contributed by atoms with Crippen molar-refractivity contribution in [1.29, 1.82) is 5.41 Å². The number of aliphatic carboxylic acids is 2. The van der Waals surface area contributed by atoms with Crippen LogP contribution in [0, 0.1) is 11.2 Å². The maximum Gasteiger partial charge on any atom is 0.490 e. The predicted octanol–water partition coefficient (Wildman–Crippen LogP) is 3.87. The molecule has 10 nitrogen and oxygen atoms in total. The molecule has 0 aliphatic carbocycles. The van der Waals surface area contributed by atoms with E-state index in [1.165, 1.54) is 29.5 Å². The molecular formula is C22H20F4N4O6S. The third-order valence-corrected chi connectivity index (χ3v) is 5.63. The molecule has 0 bridgehead atoms. The lowest BCUT2D eigenvalue weighted by atomic mass is 10.2. The molecule has 3 rings (SSSR count). The Hall–Kier alpha value is -4.27. The first-order chi connectivity index (χ1) is 17.2. The number of hydrogen-bond acceptors (Lipinski definition) is 8. The van der Waals surface area contributed by atoms with Crippen LogP contribution in [0.3, 0.4) is 0 Å². The van der Waals surface area contributed by atoms with Crippen LogP contribution < -0.4 is 15.4 Å². The number of hydrogen-bond donors (Lipinski definition) is 4. The number of carboxylic acids is 2. The number of benzene rings is 2. The molecule has 1 aromatic heterocycles. The van der Waals surface area contributed by atoms with Crippen molar-refractivity contribution in [2.75, 3.05) is 18.0 Å². The van der Waals surface area contributed by atoms with Crippen LogP contribution in [0.15, 0.2) is 36.4 Å². The summed E-state index contributed by atoms with van der Waals surface area (Å²) in [6, 6.07) is 8.46. The first-order valence-electron chi connectivity index (χ1n) is 10.3. The van der Waals surface area contributed by atoms with E-state index in [2.05, 4.69) is 4.98 Å². The number of alkyl halides is 3. The molecule has 0 aliphatic heterocycles. The minimum absolute atomic E-state index is 0.00464. The van der Waals surface area contributed by atoms with E-state index in [4.69, 9.17) is 30.9 Å². The first kappa shape index (κ1) is 29.0. The fraction of sp³-hybridized carbons (Fsp3) is 0.227. The van der Waals surface area contributed by atoms with Crippen molar-refractivity contribution in [3.8, 4) is 5.75 Å². The van der Waals surface area contributed by atoms with Gasteiger partial charge >= 0.3 is 24.1 Å². The molecule has 5 N–H and O–H groups in total. The summed E-state index contributed by atoms with van der Waals surface area (Å²) in [6.07, 6.45) is -5.09. The third-order valence-electron chi connectivity index (χ3n) is 4.55. The smallest absolute Gasteiger partial charge is 0.481 e. The van der Waals surface area contributed by atoms with Crippen LogP contribution in [0.5, 0.6) is 5.75 Å². The molecule has 0 atom stereocenters. The highest BCUT2D eigenvalue weighted by Gasteiger charge is 2.38. The maximum absolute atomic E-state index is 14.1. The molecule has 198 valence electrons. The quantitative estimate of drug-likeness (QED) is 0.108. The van der Waals surface area contributed by atoms with Gasteiger partial charge in [0.1, 0.15) is 5.84 Å². The van der Waals surface area contributed by atoms with Crippen LogP contribution >= 0.6 is 11.3 Å². The number of halogens is 4. The largest absolute Gasteiger partial charge is 0.490 e. The Morgan fingerprint density at radius 2 is 1.76 bits per heavy atom. The van der Waals surface area contributed by atoms with Crippen molar-refractivity contribution >= 4 is 50.4 Å². The lowest BCUT2D eigenvalue weighted by Gasteiger charge is -2.18. The van der Waals surface area contributed by atoms with Crippen LogP contribution in [-0.4, -0.2) is 58.2 Å². The van der Waals surface area contributed by atoms with Gasteiger partial charge in [0.05, 0.1) is 22.2 Å². The van der Waals surface area contributed by atoms with Gasteiger partial charge in [-0.3, -0.25) is 10.2 Å². The molecular weight excluding hydrogens is 524 g/mol. The summed E-state index contributed by atoms with van der Waals surface area (Å²) in [6.45, 7) is 2.83. The monoisotopic (exact) mass is 544 g/mol. The maximum atomic E-state index is 14.1. The van der Waals surface area contributed by atoms with Crippen molar-refractivity contribution in [2.45, 2.75) is 19.5 Å². The second-order valence-corrected chi connectivity index (χ2v) is 8.16. The van der Waals surface area contributed by atoms with Gasteiger partial charge in [-0.25, -0.2) is 19.0 Å². The van der Waals surface area contributed by atoms with E-state index in [-0.39, 0.29) is 29.1 Å². The van der Waals surface area contributed by atoms with Crippen molar-refractivity contribution in [3.05, 3.63) is 53.3 Å². The van der Waals surface area contributed by atoms with E-state index < -0.39 is 29.9 Å². The topological polar surface area (TPSA) is 167 Å². The zero-order valence-electron chi connectivity index (χ0n) is 19.0. The summed E-state index contributed by atoms with van der Waals surface area (Å²) in [5.41, 5.74) is 6.39. The van der Waals surface area contributed by atoms with Gasteiger partial charge in [0, 0.05) is 18.7 Å². The molecule has 15 heteroatoms. The number of ether oxygens (including phenoxy) is 1. The van der Waals surface area contributed by atoms with Crippen molar-refractivity contribution < 1.29 is 46.9 Å². The number of nitrogens with zero attached hydrogens (tertiary/aromatic N) is 2. The summed E-state index contributed by atoms with van der Waals surface area (Å²) in [5, 5.41) is 24.0. The van der Waals surface area contributed by atoms with E-state index >= 15 is 0 Å². The van der Waals surface area contributed by atoms with Gasteiger partial charge in [0.2, 0.25) is 0 Å². The average Bonchev–Trinajstić information content (AvgIpc) is 3.23. The summed E-state index contributed by atoms with van der Waals surface area (Å²) in [5.74, 6) is -5.73. The number of thiazole rings is 1. The molecule has 0 spiro atoms. The third kappa shape index (κ3) is 8.13. The van der Waals surface area contributed by atoms with Gasteiger partial charge in [-0.2, -0.15) is 13.2 Å². The summed E-state index contributed by atoms with van der Waals surface area (Å²) < 4.78 is 51.7. The summed E-state index contributed by atoms with van der Waals surface area (Å²) in [7, 11) is 0. The van der Waals surface area contributed by atoms with Crippen molar-refractivity contribution in [3.63, 3.8) is 0 Å². The average molecular weight is 544 g/mol. The Morgan fingerprint density at radius 3 is 2.27 bits per heavy atom. The number of esters is 1. The van der Waals surface area contributed by atoms with E-state index in [0.717, 1.165) is 10.8 Å². The number of rotatable bonds is 8. The highest BCUT2D eigenvalue weighted by atomic mass is 32.1. The molecule has 0 aliphatic rings. The van der Waals surface area contributed by atoms with Gasteiger partial charge in [0.25, 0.3) is 0 Å².